The summed E-state index contributed by atoms with van der Waals surface area (Å²) >= 11 is 1.77. The summed E-state index contributed by atoms with van der Waals surface area (Å²) in [6.45, 7) is 7.42. The van der Waals surface area contributed by atoms with E-state index >= 15 is 0 Å². The van der Waals surface area contributed by atoms with Crippen LogP contribution in [-0.4, -0.2) is 50.8 Å². The number of aryl methyl sites for hydroxylation is 2. The van der Waals surface area contributed by atoms with Crippen LogP contribution in [0, 0.1) is 13.8 Å². The van der Waals surface area contributed by atoms with E-state index in [9.17, 15) is 0 Å². The van der Waals surface area contributed by atoms with Gasteiger partial charge in [0.05, 0.1) is 24.6 Å². The summed E-state index contributed by atoms with van der Waals surface area (Å²) in [5, 5.41) is 14.6. The molecule has 0 amide bonds. The Balaban J connectivity index is 1.30. The van der Waals surface area contributed by atoms with Crippen LogP contribution >= 0.6 is 11.8 Å². The van der Waals surface area contributed by atoms with Crippen molar-refractivity contribution in [3.05, 3.63) is 47.3 Å². The largest absolute Gasteiger partial charge is 0.378 e. The lowest BCUT2D eigenvalue weighted by molar-refractivity contribution is 0.121. The minimum absolute atomic E-state index is 0.554. The van der Waals surface area contributed by atoms with E-state index in [2.05, 4.69) is 62.0 Å². The van der Waals surface area contributed by atoms with Crippen molar-refractivity contribution >= 4 is 17.7 Å². The molecule has 0 unspecified atom stereocenters. The average Bonchev–Trinajstić information content (AvgIpc) is 3.40. The zero-order chi connectivity index (χ0) is 19.8. The van der Waals surface area contributed by atoms with Gasteiger partial charge in [0, 0.05) is 30.6 Å². The van der Waals surface area contributed by atoms with Crippen LogP contribution in [0.2, 0.25) is 0 Å². The number of anilines is 1. The Morgan fingerprint density at radius 1 is 1.07 bits per heavy atom. The fourth-order valence-electron chi connectivity index (χ4n) is 3.77. The molecule has 1 aliphatic heterocycles. The number of aromatic nitrogens is 5. The van der Waals surface area contributed by atoms with Crippen molar-refractivity contribution in [3.63, 3.8) is 0 Å². The number of thioether (sulfide) groups is 1. The number of rotatable bonds is 6. The van der Waals surface area contributed by atoms with E-state index in [1.807, 2.05) is 11.6 Å². The summed E-state index contributed by atoms with van der Waals surface area (Å²) in [6, 6.07) is 11.3. The number of nitrogens with zero attached hydrogens (tertiary/aromatic N) is 6. The Morgan fingerprint density at radius 3 is 2.48 bits per heavy atom. The van der Waals surface area contributed by atoms with Gasteiger partial charge in [0.2, 0.25) is 5.95 Å². The molecule has 3 aromatic rings. The molecule has 0 bridgehead atoms. The Kier molecular flexibility index (Phi) is 5.05. The van der Waals surface area contributed by atoms with E-state index in [-0.39, 0.29) is 0 Å². The van der Waals surface area contributed by atoms with Crippen molar-refractivity contribution < 1.29 is 4.74 Å². The molecule has 2 aromatic heterocycles. The topological polar surface area (TPSA) is 61.0 Å². The highest BCUT2D eigenvalue weighted by Crippen LogP contribution is 2.41. The van der Waals surface area contributed by atoms with Crippen LogP contribution in [0.5, 0.6) is 0 Å². The minimum atomic E-state index is 0.554. The third-order valence-electron chi connectivity index (χ3n) is 5.41. The fraction of sp³-hybridized carbons (Fsp3) is 0.476. The van der Waals surface area contributed by atoms with Crippen molar-refractivity contribution in [1.82, 2.24) is 24.5 Å². The van der Waals surface area contributed by atoms with Gasteiger partial charge in [-0.25, -0.2) is 4.68 Å². The highest BCUT2D eigenvalue weighted by Gasteiger charge is 2.32. The van der Waals surface area contributed by atoms with Crippen LogP contribution in [0.3, 0.4) is 0 Å². The van der Waals surface area contributed by atoms with E-state index < -0.39 is 0 Å². The van der Waals surface area contributed by atoms with E-state index in [0.29, 0.717) is 6.04 Å². The lowest BCUT2D eigenvalue weighted by atomic mass is 10.2. The minimum Gasteiger partial charge on any atom is -0.378 e. The summed E-state index contributed by atoms with van der Waals surface area (Å²) in [7, 11) is 0. The standard InChI is InChI=1S/C21H26N6OS/c1-15-13-16(2)27(24-15)19-5-3-17(4-6-19)14-29-21-23-22-20(26(21)18-7-8-18)25-9-11-28-12-10-25/h3-6,13,18H,7-12,14H2,1-2H3. The van der Waals surface area contributed by atoms with E-state index in [0.717, 1.165) is 60.2 Å². The first-order valence-corrected chi connectivity index (χ1v) is 11.2. The van der Waals surface area contributed by atoms with Gasteiger partial charge in [0.1, 0.15) is 0 Å². The second-order valence-corrected chi connectivity index (χ2v) is 8.72. The molecule has 2 fully saturated rings. The Labute approximate surface area is 175 Å². The smallest absolute Gasteiger partial charge is 0.228 e. The molecule has 0 radical (unpaired) electrons. The maximum Gasteiger partial charge on any atom is 0.228 e. The van der Waals surface area contributed by atoms with Crippen LogP contribution < -0.4 is 4.90 Å². The van der Waals surface area contributed by atoms with E-state index in [1.54, 1.807) is 11.8 Å². The molecular formula is C21H26N6OS. The molecule has 2 aliphatic rings. The second-order valence-electron chi connectivity index (χ2n) is 7.78. The molecule has 1 aliphatic carbocycles. The summed E-state index contributed by atoms with van der Waals surface area (Å²) in [4.78, 5) is 2.31. The molecule has 7 nitrogen and oxygen atoms in total. The molecule has 29 heavy (non-hydrogen) atoms. The second kappa shape index (κ2) is 7.84. The molecule has 0 atom stereocenters. The van der Waals surface area contributed by atoms with Crippen molar-refractivity contribution in [2.75, 3.05) is 31.2 Å². The van der Waals surface area contributed by atoms with Gasteiger partial charge < -0.3 is 9.64 Å². The summed E-state index contributed by atoms with van der Waals surface area (Å²) in [5.74, 6) is 1.89. The highest BCUT2D eigenvalue weighted by molar-refractivity contribution is 7.98. The Morgan fingerprint density at radius 2 is 1.83 bits per heavy atom. The summed E-state index contributed by atoms with van der Waals surface area (Å²) in [5.41, 5.74) is 4.56. The lowest BCUT2D eigenvalue weighted by Crippen LogP contribution is -2.38. The molecule has 0 spiro atoms. The zero-order valence-electron chi connectivity index (χ0n) is 16.9. The van der Waals surface area contributed by atoms with Gasteiger partial charge in [-0.2, -0.15) is 5.10 Å². The summed E-state index contributed by atoms with van der Waals surface area (Å²) in [6.07, 6.45) is 2.44. The maximum atomic E-state index is 5.49. The average molecular weight is 411 g/mol. The fourth-order valence-corrected chi connectivity index (χ4v) is 4.73. The number of ether oxygens (including phenoxy) is 1. The first kappa shape index (κ1) is 18.7. The maximum absolute atomic E-state index is 5.49. The Hall–Kier alpha value is -2.32. The van der Waals surface area contributed by atoms with Crippen LogP contribution in [-0.2, 0) is 10.5 Å². The van der Waals surface area contributed by atoms with Crippen molar-refractivity contribution in [1.29, 1.82) is 0 Å². The quantitative estimate of drug-likeness (QED) is 0.579. The van der Waals surface area contributed by atoms with Gasteiger partial charge in [0.15, 0.2) is 5.16 Å². The van der Waals surface area contributed by atoms with Gasteiger partial charge in [-0.15, -0.1) is 10.2 Å². The van der Waals surface area contributed by atoms with Crippen molar-refractivity contribution in [2.45, 2.75) is 43.6 Å². The van der Waals surface area contributed by atoms with Crippen LogP contribution in [0.15, 0.2) is 35.5 Å². The van der Waals surface area contributed by atoms with Gasteiger partial charge in [0.25, 0.3) is 0 Å². The predicted molar refractivity (Wildman–Crippen MR) is 114 cm³/mol. The van der Waals surface area contributed by atoms with Crippen molar-refractivity contribution in [3.8, 4) is 5.69 Å². The van der Waals surface area contributed by atoms with E-state index in [1.165, 1.54) is 18.4 Å². The molecule has 152 valence electrons. The molecule has 0 N–H and O–H groups in total. The van der Waals surface area contributed by atoms with E-state index in [4.69, 9.17) is 4.74 Å². The Bertz CT molecular complexity index is 985. The van der Waals surface area contributed by atoms with Gasteiger partial charge in [-0.1, -0.05) is 23.9 Å². The van der Waals surface area contributed by atoms with Crippen LogP contribution in [0.1, 0.15) is 35.8 Å². The molecule has 1 saturated heterocycles. The normalized spacial score (nSPS) is 17.1. The monoisotopic (exact) mass is 410 g/mol. The molecule has 5 rings (SSSR count). The highest BCUT2D eigenvalue weighted by atomic mass is 32.2. The lowest BCUT2D eigenvalue weighted by Gasteiger charge is -2.27. The first-order valence-electron chi connectivity index (χ1n) is 10.2. The summed E-state index contributed by atoms with van der Waals surface area (Å²) < 4.78 is 9.83. The third kappa shape index (κ3) is 3.91. The molecular weight excluding hydrogens is 384 g/mol. The SMILES string of the molecule is Cc1cc(C)n(-c2ccc(CSc3nnc(N4CCOCC4)n3C3CC3)cc2)n1. The zero-order valence-corrected chi connectivity index (χ0v) is 17.7. The van der Waals surface area contributed by atoms with Crippen molar-refractivity contribution in [2.24, 2.45) is 0 Å². The number of hydrogen-bond acceptors (Lipinski definition) is 6. The van der Waals surface area contributed by atoms with Crippen LogP contribution in [0.25, 0.3) is 5.69 Å². The molecule has 8 heteroatoms. The first-order chi connectivity index (χ1) is 14.2. The number of benzene rings is 1. The van der Waals surface area contributed by atoms with Gasteiger partial charge >= 0.3 is 0 Å². The predicted octanol–water partition coefficient (Wildman–Crippen LogP) is 3.54. The van der Waals surface area contributed by atoms with Gasteiger partial charge in [-0.3, -0.25) is 4.57 Å². The molecule has 1 saturated carbocycles. The van der Waals surface area contributed by atoms with Crippen LogP contribution in [0.4, 0.5) is 5.95 Å². The third-order valence-corrected chi connectivity index (χ3v) is 6.43. The number of morpholine rings is 1. The molecule has 1 aromatic carbocycles. The molecule has 3 heterocycles. The van der Waals surface area contributed by atoms with Gasteiger partial charge in [-0.05, 0) is 50.5 Å². The number of hydrogen-bond donors (Lipinski definition) is 0.